The number of para-hydroxylation sites is 1. The Morgan fingerprint density at radius 2 is 1.72 bits per heavy atom. The Bertz CT molecular complexity index is 1030. The first-order valence-corrected chi connectivity index (χ1v) is 10.1. The van der Waals surface area contributed by atoms with Crippen molar-refractivity contribution in [3.63, 3.8) is 0 Å². The Morgan fingerprint density at radius 3 is 2.48 bits per heavy atom. The molecule has 1 fully saturated rings. The molecule has 2 heterocycles. The van der Waals surface area contributed by atoms with E-state index in [9.17, 15) is 4.79 Å². The molecule has 5 rings (SSSR count). The summed E-state index contributed by atoms with van der Waals surface area (Å²) in [4.78, 5) is 15.9. The molecule has 2 aliphatic rings. The van der Waals surface area contributed by atoms with Crippen LogP contribution in [0.3, 0.4) is 0 Å². The lowest BCUT2D eigenvalue weighted by atomic mass is 9.73. The van der Waals surface area contributed by atoms with Crippen LogP contribution in [0.2, 0.25) is 0 Å². The number of ether oxygens (including phenoxy) is 1. The molecule has 1 amide bonds. The molecule has 0 saturated carbocycles. The molecular weight excluding hydrogens is 360 g/mol. The highest BCUT2D eigenvalue weighted by atomic mass is 16.5. The first-order chi connectivity index (χ1) is 14.2. The van der Waals surface area contributed by atoms with Gasteiger partial charge in [-0.3, -0.25) is 4.79 Å². The van der Waals surface area contributed by atoms with Gasteiger partial charge in [-0.2, -0.15) is 0 Å². The Hall–Kier alpha value is -3.11. The maximum atomic E-state index is 14.0. The SMILES string of the molecule is COc1ccc([C@H]2NCC[C@@]23C(=O)N(Cc2ccccc2)c2ccccc23)cc1. The van der Waals surface area contributed by atoms with E-state index in [1.165, 1.54) is 0 Å². The van der Waals surface area contributed by atoms with Crippen molar-refractivity contribution in [1.29, 1.82) is 0 Å². The van der Waals surface area contributed by atoms with E-state index in [0.717, 1.165) is 41.1 Å². The first kappa shape index (κ1) is 18.0. The summed E-state index contributed by atoms with van der Waals surface area (Å²) in [5.41, 5.74) is 3.85. The first-order valence-electron chi connectivity index (χ1n) is 10.1. The molecule has 4 nitrogen and oxygen atoms in total. The predicted molar refractivity (Wildman–Crippen MR) is 114 cm³/mol. The maximum absolute atomic E-state index is 14.0. The van der Waals surface area contributed by atoms with Crippen molar-refractivity contribution in [2.75, 3.05) is 18.6 Å². The number of rotatable bonds is 4. The molecule has 2 atom stereocenters. The molecule has 1 N–H and O–H groups in total. The largest absolute Gasteiger partial charge is 0.497 e. The van der Waals surface area contributed by atoms with E-state index >= 15 is 0 Å². The van der Waals surface area contributed by atoms with Crippen molar-refractivity contribution < 1.29 is 9.53 Å². The van der Waals surface area contributed by atoms with Gasteiger partial charge in [0.25, 0.3) is 0 Å². The van der Waals surface area contributed by atoms with Crippen molar-refractivity contribution >= 4 is 11.6 Å². The minimum atomic E-state index is -0.569. The molecule has 29 heavy (non-hydrogen) atoms. The van der Waals surface area contributed by atoms with Gasteiger partial charge in [0.1, 0.15) is 5.75 Å². The zero-order chi connectivity index (χ0) is 19.8. The summed E-state index contributed by atoms with van der Waals surface area (Å²) in [5.74, 6) is 1.01. The monoisotopic (exact) mass is 384 g/mol. The van der Waals surface area contributed by atoms with Crippen LogP contribution in [-0.2, 0) is 16.8 Å². The summed E-state index contributed by atoms with van der Waals surface area (Å²) in [6.45, 7) is 1.41. The molecule has 3 aromatic rings. The van der Waals surface area contributed by atoms with Crippen LogP contribution < -0.4 is 15.0 Å². The Labute approximate surface area is 171 Å². The molecule has 0 radical (unpaired) electrons. The van der Waals surface area contributed by atoms with E-state index in [1.54, 1.807) is 7.11 Å². The number of hydrogen-bond donors (Lipinski definition) is 1. The smallest absolute Gasteiger partial charge is 0.240 e. The zero-order valence-corrected chi connectivity index (χ0v) is 16.5. The molecule has 146 valence electrons. The van der Waals surface area contributed by atoms with E-state index in [4.69, 9.17) is 4.74 Å². The molecule has 0 aromatic heterocycles. The van der Waals surface area contributed by atoms with E-state index in [2.05, 4.69) is 41.7 Å². The number of fused-ring (bicyclic) bond motifs is 2. The number of carbonyl (C=O) groups is 1. The highest BCUT2D eigenvalue weighted by Crippen LogP contribution is 2.53. The molecule has 0 aliphatic carbocycles. The third-order valence-electron chi connectivity index (χ3n) is 6.30. The van der Waals surface area contributed by atoms with Crippen LogP contribution in [0.25, 0.3) is 0 Å². The van der Waals surface area contributed by atoms with E-state index in [1.807, 2.05) is 47.4 Å². The molecule has 2 aliphatic heterocycles. The normalized spacial score (nSPS) is 22.9. The number of nitrogens with zero attached hydrogens (tertiary/aromatic N) is 1. The van der Waals surface area contributed by atoms with Crippen molar-refractivity contribution in [3.05, 3.63) is 95.6 Å². The molecular formula is C25H24N2O2. The second-order valence-corrected chi connectivity index (χ2v) is 7.78. The number of amides is 1. The lowest BCUT2D eigenvalue weighted by Crippen LogP contribution is -2.43. The summed E-state index contributed by atoms with van der Waals surface area (Å²) in [6.07, 6.45) is 0.796. The van der Waals surface area contributed by atoms with Gasteiger partial charge in [0.2, 0.25) is 5.91 Å². The van der Waals surface area contributed by atoms with Crippen LogP contribution in [0, 0.1) is 0 Å². The molecule has 4 heteroatoms. The van der Waals surface area contributed by atoms with Gasteiger partial charge in [0.05, 0.1) is 25.1 Å². The Balaban J connectivity index is 1.59. The summed E-state index contributed by atoms with van der Waals surface area (Å²) >= 11 is 0. The van der Waals surface area contributed by atoms with Crippen LogP contribution >= 0.6 is 0 Å². The van der Waals surface area contributed by atoms with Gasteiger partial charge >= 0.3 is 0 Å². The van der Waals surface area contributed by atoms with Gasteiger partial charge in [-0.25, -0.2) is 0 Å². The number of hydrogen-bond acceptors (Lipinski definition) is 3. The van der Waals surface area contributed by atoms with Crippen LogP contribution in [0.15, 0.2) is 78.9 Å². The van der Waals surface area contributed by atoms with Gasteiger partial charge in [0.15, 0.2) is 0 Å². The molecule has 0 bridgehead atoms. The fourth-order valence-electron chi connectivity index (χ4n) is 4.93. The summed E-state index contributed by atoms with van der Waals surface area (Å²) in [6, 6.07) is 26.5. The van der Waals surface area contributed by atoms with Gasteiger partial charge in [-0.15, -0.1) is 0 Å². The second kappa shape index (κ2) is 7.05. The van der Waals surface area contributed by atoms with Crippen LogP contribution in [-0.4, -0.2) is 19.6 Å². The van der Waals surface area contributed by atoms with E-state index in [-0.39, 0.29) is 11.9 Å². The highest BCUT2D eigenvalue weighted by molar-refractivity contribution is 6.09. The molecule has 3 aromatic carbocycles. The Kier molecular flexibility index (Phi) is 4.36. The predicted octanol–water partition coefficient (Wildman–Crippen LogP) is 4.21. The van der Waals surface area contributed by atoms with Gasteiger partial charge < -0.3 is 15.0 Å². The third kappa shape index (κ3) is 2.75. The van der Waals surface area contributed by atoms with Crippen LogP contribution in [0.1, 0.15) is 29.2 Å². The quantitative estimate of drug-likeness (QED) is 0.732. The highest BCUT2D eigenvalue weighted by Gasteiger charge is 2.57. The average molecular weight is 384 g/mol. The number of anilines is 1. The summed E-state index contributed by atoms with van der Waals surface area (Å²) in [7, 11) is 1.67. The third-order valence-corrected chi connectivity index (χ3v) is 6.30. The lowest BCUT2D eigenvalue weighted by Gasteiger charge is -2.31. The van der Waals surface area contributed by atoms with Gasteiger partial charge in [-0.05, 0) is 47.9 Å². The number of carbonyl (C=O) groups excluding carboxylic acids is 1. The fraction of sp³-hybridized carbons (Fsp3) is 0.240. The summed E-state index contributed by atoms with van der Waals surface area (Å²) < 4.78 is 5.31. The van der Waals surface area contributed by atoms with E-state index in [0.29, 0.717) is 6.54 Å². The Morgan fingerprint density at radius 1 is 1.00 bits per heavy atom. The van der Waals surface area contributed by atoms with Gasteiger partial charge in [0, 0.05) is 5.69 Å². The summed E-state index contributed by atoms with van der Waals surface area (Å²) in [5, 5.41) is 3.61. The van der Waals surface area contributed by atoms with E-state index < -0.39 is 5.41 Å². The van der Waals surface area contributed by atoms with Crippen molar-refractivity contribution in [2.24, 2.45) is 0 Å². The maximum Gasteiger partial charge on any atom is 0.240 e. The van der Waals surface area contributed by atoms with Crippen LogP contribution in [0.5, 0.6) is 5.75 Å². The zero-order valence-electron chi connectivity index (χ0n) is 16.5. The fourth-order valence-corrected chi connectivity index (χ4v) is 4.93. The number of nitrogens with one attached hydrogen (secondary N) is 1. The molecule has 0 unspecified atom stereocenters. The van der Waals surface area contributed by atoms with Crippen molar-refractivity contribution in [2.45, 2.75) is 24.4 Å². The van der Waals surface area contributed by atoms with Gasteiger partial charge in [-0.1, -0.05) is 60.7 Å². The molecule has 1 spiro atoms. The van der Waals surface area contributed by atoms with Crippen molar-refractivity contribution in [3.8, 4) is 5.75 Å². The van der Waals surface area contributed by atoms with Crippen molar-refractivity contribution in [1.82, 2.24) is 5.32 Å². The van der Waals surface area contributed by atoms with Crippen LogP contribution in [0.4, 0.5) is 5.69 Å². The standard InChI is InChI=1S/C25H24N2O2/c1-29-20-13-11-19(12-14-20)23-25(15-16-26-23)21-9-5-6-10-22(21)27(24(25)28)17-18-7-3-2-4-8-18/h2-14,23,26H,15-17H2,1H3/t23-,25+/m1/s1. The topological polar surface area (TPSA) is 41.6 Å². The average Bonchev–Trinajstić information content (AvgIpc) is 3.32. The second-order valence-electron chi connectivity index (χ2n) is 7.78. The number of benzene rings is 3. The molecule has 1 saturated heterocycles. The minimum Gasteiger partial charge on any atom is -0.497 e. The number of methoxy groups -OCH3 is 1. The minimum absolute atomic E-state index is 0.0529. The lowest BCUT2D eigenvalue weighted by molar-refractivity contribution is -0.123.